The Balaban J connectivity index is 2.96. The summed E-state index contributed by atoms with van der Waals surface area (Å²) in [6, 6.07) is 4.85. The predicted octanol–water partition coefficient (Wildman–Crippen LogP) is 1.26. The molecule has 0 bridgehead atoms. The van der Waals surface area contributed by atoms with Crippen LogP contribution in [0.1, 0.15) is 8.27 Å². The van der Waals surface area contributed by atoms with Crippen LogP contribution >= 0.6 is 0 Å². The normalized spacial score (nSPS) is 10.6. The molecule has 0 saturated carbocycles. The van der Waals surface area contributed by atoms with E-state index in [1.807, 2.05) is 0 Å². The Morgan fingerprint density at radius 1 is 1.47 bits per heavy atom. The molecule has 0 radical (unpaired) electrons. The average molecular weight is 212 g/mol. The maximum Gasteiger partial charge on any atom is 0.323 e. The highest BCUT2D eigenvalue weighted by Gasteiger charge is 2.14. The maximum atomic E-state index is 12.6. The van der Waals surface area contributed by atoms with Gasteiger partial charge in [0, 0.05) is 14.0 Å². The summed E-state index contributed by atoms with van der Waals surface area (Å²) in [6.45, 7) is -1.09. The summed E-state index contributed by atoms with van der Waals surface area (Å²) in [5.74, 6) is -2.31. The molecule has 0 aromatic heterocycles. The van der Waals surface area contributed by atoms with Crippen LogP contribution in [0.25, 0.3) is 0 Å². The zero-order chi connectivity index (χ0) is 12.1. The lowest BCUT2D eigenvalue weighted by atomic mass is 10.2. The SMILES string of the molecule is [2H]CC(=O)N(CC(=O)O)c1ccc(F)cc1. The number of carbonyl (C=O) groups is 2. The molecule has 0 atom stereocenters. The summed E-state index contributed by atoms with van der Waals surface area (Å²) in [7, 11) is 0. The van der Waals surface area contributed by atoms with Crippen molar-refractivity contribution < 1.29 is 20.5 Å². The van der Waals surface area contributed by atoms with Crippen molar-refractivity contribution in [2.24, 2.45) is 0 Å². The fourth-order valence-corrected chi connectivity index (χ4v) is 1.08. The van der Waals surface area contributed by atoms with Crippen molar-refractivity contribution in [1.29, 1.82) is 0 Å². The molecule has 5 heteroatoms. The van der Waals surface area contributed by atoms with Crippen molar-refractivity contribution in [2.75, 3.05) is 11.4 Å². The molecule has 0 unspecified atom stereocenters. The molecule has 0 heterocycles. The van der Waals surface area contributed by atoms with Crippen LogP contribution < -0.4 is 4.90 Å². The Labute approximate surface area is 87.3 Å². The number of benzene rings is 1. The fraction of sp³-hybridized carbons (Fsp3) is 0.200. The van der Waals surface area contributed by atoms with Crippen LogP contribution in [0, 0.1) is 5.82 Å². The Bertz CT molecular complexity index is 394. The molecule has 15 heavy (non-hydrogen) atoms. The predicted molar refractivity (Wildman–Crippen MR) is 52.1 cm³/mol. The van der Waals surface area contributed by atoms with Gasteiger partial charge in [-0.2, -0.15) is 0 Å². The van der Waals surface area contributed by atoms with E-state index in [0.29, 0.717) is 0 Å². The number of rotatable bonds is 3. The summed E-state index contributed by atoms with van der Waals surface area (Å²) in [6.07, 6.45) is 0. The van der Waals surface area contributed by atoms with Crippen molar-refractivity contribution in [3.05, 3.63) is 30.1 Å². The van der Waals surface area contributed by atoms with Crippen molar-refractivity contribution in [3.63, 3.8) is 0 Å². The molecule has 0 spiro atoms. The summed E-state index contributed by atoms with van der Waals surface area (Å²) in [4.78, 5) is 22.8. The van der Waals surface area contributed by atoms with Gasteiger partial charge in [-0.25, -0.2) is 4.39 Å². The minimum absolute atomic E-state index is 0.265. The first-order chi connectivity index (χ1) is 7.54. The highest BCUT2D eigenvalue weighted by molar-refractivity contribution is 5.95. The number of carboxylic acid groups (broad SMARTS) is 1. The molecule has 80 valence electrons. The van der Waals surface area contributed by atoms with Gasteiger partial charge in [-0.05, 0) is 24.3 Å². The molecule has 1 rings (SSSR count). The van der Waals surface area contributed by atoms with E-state index in [1.165, 1.54) is 12.1 Å². The standard InChI is InChI=1S/C10H10FNO3/c1-7(13)12(6-10(14)15)9-4-2-8(11)3-5-9/h2-5H,6H2,1H3,(H,14,15)/i1D. The van der Waals surface area contributed by atoms with Gasteiger partial charge in [0.25, 0.3) is 0 Å². The lowest BCUT2D eigenvalue weighted by Gasteiger charge is -2.18. The zero-order valence-corrected chi connectivity index (χ0v) is 7.81. The maximum absolute atomic E-state index is 12.6. The highest BCUT2D eigenvalue weighted by atomic mass is 19.1. The Morgan fingerprint density at radius 2 is 2.07 bits per heavy atom. The number of hydrogen-bond donors (Lipinski definition) is 1. The third-order valence-corrected chi connectivity index (χ3v) is 1.73. The number of halogens is 1. The van der Waals surface area contributed by atoms with E-state index in [4.69, 9.17) is 6.48 Å². The zero-order valence-electron chi connectivity index (χ0n) is 8.81. The second-order valence-electron chi connectivity index (χ2n) is 2.85. The van der Waals surface area contributed by atoms with Gasteiger partial charge in [-0.3, -0.25) is 9.59 Å². The summed E-state index contributed by atoms with van der Waals surface area (Å²) in [5.41, 5.74) is 0.265. The van der Waals surface area contributed by atoms with Crippen LogP contribution in [0.3, 0.4) is 0 Å². The molecule has 0 saturated heterocycles. The third kappa shape index (κ3) is 3.05. The largest absolute Gasteiger partial charge is 0.480 e. The van der Waals surface area contributed by atoms with Crippen molar-refractivity contribution in [1.82, 2.24) is 0 Å². The van der Waals surface area contributed by atoms with Gasteiger partial charge in [0.2, 0.25) is 5.91 Å². The van der Waals surface area contributed by atoms with Gasteiger partial charge in [-0.15, -0.1) is 0 Å². The summed E-state index contributed by atoms with van der Waals surface area (Å²) in [5, 5.41) is 8.62. The topological polar surface area (TPSA) is 57.6 Å². The third-order valence-electron chi connectivity index (χ3n) is 1.73. The number of carboxylic acids is 1. The van der Waals surface area contributed by atoms with E-state index in [2.05, 4.69) is 0 Å². The molecule has 4 nitrogen and oxygen atoms in total. The quantitative estimate of drug-likeness (QED) is 0.820. The van der Waals surface area contributed by atoms with Gasteiger partial charge in [0.15, 0.2) is 0 Å². The first-order valence-electron chi connectivity index (χ1n) is 4.82. The molecule has 1 aromatic carbocycles. The Hall–Kier alpha value is -1.91. The van der Waals surface area contributed by atoms with Crippen molar-refractivity contribution >= 4 is 17.6 Å². The molecule has 0 fully saturated rings. The van der Waals surface area contributed by atoms with Crippen LogP contribution in [-0.4, -0.2) is 23.5 Å². The molecule has 1 aromatic rings. The molecule has 0 aliphatic heterocycles. The number of nitrogens with zero attached hydrogens (tertiary/aromatic N) is 1. The van der Waals surface area contributed by atoms with Crippen molar-refractivity contribution in [2.45, 2.75) is 6.90 Å². The first-order valence-corrected chi connectivity index (χ1v) is 4.11. The van der Waals surface area contributed by atoms with Gasteiger partial charge in [0.05, 0.1) is 0 Å². The van der Waals surface area contributed by atoms with E-state index >= 15 is 0 Å². The highest BCUT2D eigenvalue weighted by Crippen LogP contribution is 2.14. The van der Waals surface area contributed by atoms with Gasteiger partial charge >= 0.3 is 5.97 Å². The number of hydrogen-bond acceptors (Lipinski definition) is 2. The van der Waals surface area contributed by atoms with Crippen LogP contribution in [0.5, 0.6) is 0 Å². The smallest absolute Gasteiger partial charge is 0.323 e. The van der Waals surface area contributed by atoms with Crippen molar-refractivity contribution in [3.8, 4) is 0 Å². The molecule has 0 aliphatic carbocycles. The van der Waals surface area contributed by atoms with E-state index in [1.54, 1.807) is 0 Å². The number of anilines is 1. The molecular weight excluding hydrogens is 201 g/mol. The van der Waals surface area contributed by atoms with Crippen LogP contribution in [0.4, 0.5) is 10.1 Å². The lowest BCUT2D eigenvalue weighted by Crippen LogP contribution is -2.33. The number of carbonyl (C=O) groups excluding carboxylic acids is 1. The Kier molecular flexibility index (Phi) is 2.92. The van der Waals surface area contributed by atoms with Crippen LogP contribution in [0.2, 0.25) is 0 Å². The van der Waals surface area contributed by atoms with Gasteiger partial charge in [0.1, 0.15) is 12.4 Å². The Morgan fingerprint density at radius 3 is 2.53 bits per heavy atom. The minimum atomic E-state index is -1.19. The first kappa shape index (κ1) is 9.64. The number of aliphatic carboxylic acids is 1. The molecule has 1 N–H and O–H groups in total. The molecular formula is C10H10FNO3. The minimum Gasteiger partial charge on any atom is -0.480 e. The summed E-state index contributed by atoms with van der Waals surface area (Å²) >= 11 is 0. The lowest BCUT2D eigenvalue weighted by molar-refractivity contribution is -0.136. The van der Waals surface area contributed by atoms with Gasteiger partial charge in [-0.1, -0.05) is 0 Å². The fourth-order valence-electron chi connectivity index (χ4n) is 1.08. The molecule has 1 amide bonds. The van der Waals surface area contributed by atoms with E-state index < -0.39 is 31.1 Å². The summed E-state index contributed by atoms with van der Waals surface area (Å²) < 4.78 is 19.6. The van der Waals surface area contributed by atoms with E-state index in [0.717, 1.165) is 17.0 Å². The number of amides is 1. The second kappa shape index (κ2) is 4.54. The second-order valence-corrected chi connectivity index (χ2v) is 2.85. The van der Waals surface area contributed by atoms with Gasteiger partial charge < -0.3 is 10.0 Å². The van der Waals surface area contributed by atoms with E-state index in [-0.39, 0.29) is 5.69 Å². The molecule has 0 aliphatic rings. The average Bonchev–Trinajstić information content (AvgIpc) is 2.26. The monoisotopic (exact) mass is 212 g/mol. The van der Waals surface area contributed by atoms with Crippen LogP contribution in [-0.2, 0) is 9.59 Å². The van der Waals surface area contributed by atoms with E-state index in [9.17, 15) is 14.0 Å². The van der Waals surface area contributed by atoms with Crippen LogP contribution in [0.15, 0.2) is 24.3 Å².